The van der Waals surface area contributed by atoms with Crippen LogP contribution < -0.4 is 20.5 Å². The summed E-state index contributed by atoms with van der Waals surface area (Å²) in [6.45, 7) is -0.247. The summed E-state index contributed by atoms with van der Waals surface area (Å²) in [5.74, 6) is 0.786. The maximum atomic E-state index is 12.0. The van der Waals surface area contributed by atoms with Crippen molar-refractivity contribution < 1.29 is 19.1 Å². The van der Waals surface area contributed by atoms with Gasteiger partial charge in [0.15, 0.2) is 18.1 Å². The van der Waals surface area contributed by atoms with Gasteiger partial charge in [-0.25, -0.2) is 0 Å². The van der Waals surface area contributed by atoms with Crippen molar-refractivity contribution in [3.8, 4) is 11.5 Å². The lowest BCUT2D eigenvalue weighted by molar-refractivity contribution is -0.120. The average molecular weight is 330 g/mol. The molecule has 8 heteroatoms. The number of aromatic nitrogens is 2. The van der Waals surface area contributed by atoms with Crippen molar-refractivity contribution >= 4 is 17.6 Å². The van der Waals surface area contributed by atoms with Crippen molar-refractivity contribution in [1.82, 2.24) is 9.78 Å². The van der Waals surface area contributed by atoms with E-state index in [4.69, 9.17) is 15.2 Å². The molecule has 0 saturated carbocycles. The van der Waals surface area contributed by atoms with Crippen molar-refractivity contribution in [3.63, 3.8) is 0 Å². The molecule has 1 aliphatic heterocycles. The van der Waals surface area contributed by atoms with Crippen LogP contribution in [0.4, 0.5) is 5.82 Å². The van der Waals surface area contributed by atoms with Gasteiger partial charge in [-0.1, -0.05) is 6.07 Å². The summed E-state index contributed by atoms with van der Waals surface area (Å²) in [6.07, 6.45) is 2.05. The molecule has 1 atom stereocenters. The molecule has 0 aliphatic carbocycles. The number of anilines is 1. The van der Waals surface area contributed by atoms with E-state index in [9.17, 15) is 9.59 Å². The van der Waals surface area contributed by atoms with Crippen molar-refractivity contribution in [2.24, 2.45) is 12.8 Å². The number of ether oxygens (including phenoxy) is 2. The van der Waals surface area contributed by atoms with Crippen LogP contribution in [0.25, 0.3) is 0 Å². The molecule has 3 rings (SSSR count). The highest BCUT2D eigenvalue weighted by Crippen LogP contribution is 2.39. The number of benzene rings is 1. The smallest absolute Gasteiger partial charge is 0.255 e. The molecule has 126 valence electrons. The van der Waals surface area contributed by atoms with Gasteiger partial charge in [-0.05, 0) is 17.7 Å². The van der Waals surface area contributed by atoms with Gasteiger partial charge >= 0.3 is 0 Å². The zero-order valence-corrected chi connectivity index (χ0v) is 13.4. The van der Waals surface area contributed by atoms with Crippen LogP contribution in [-0.2, 0) is 16.6 Å². The van der Waals surface area contributed by atoms with E-state index in [1.807, 2.05) is 6.07 Å². The van der Waals surface area contributed by atoms with Gasteiger partial charge in [-0.2, -0.15) is 5.10 Å². The molecule has 1 aromatic carbocycles. The quantitative estimate of drug-likeness (QED) is 0.841. The second-order valence-electron chi connectivity index (χ2n) is 5.54. The van der Waals surface area contributed by atoms with Gasteiger partial charge in [0.2, 0.25) is 5.91 Å². The van der Waals surface area contributed by atoms with E-state index in [2.05, 4.69) is 10.4 Å². The molecular formula is C16H18N4O4. The van der Waals surface area contributed by atoms with Crippen LogP contribution in [-0.4, -0.2) is 35.3 Å². The number of nitrogens with zero attached hydrogens (tertiary/aromatic N) is 2. The van der Waals surface area contributed by atoms with E-state index in [-0.39, 0.29) is 18.4 Å². The molecule has 0 spiro atoms. The molecule has 3 N–H and O–H groups in total. The summed E-state index contributed by atoms with van der Waals surface area (Å²) in [7, 11) is 3.29. The van der Waals surface area contributed by atoms with Gasteiger partial charge in [-0.3, -0.25) is 14.3 Å². The van der Waals surface area contributed by atoms with Gasteiger partial charge < -0.3 is 20.5 Å². The highest BCUT2D eigenvalue weighted by Gasteiger charge is 2.29. The molecule has 0 fully saturated rings. The fourth-order valence-corrected chi connectivity index (χ4v) is 2.81. The van der Waals surface area contributed by atoms with E-state index in [0.717, 1.165) is 11.1 Å². The van der Waals surface area contributed by atoms with Crippen molar-refractivity contribution in [2.45, 2.75) is 12.3 Å². The third-order valence-corrected chi connectivity index (χ3v) is 3.95. The molecule has 0 saturated heterocycles. The third-order valence-electron chi connectivity index (χ3n) is 3.95. The SMILES string of the molecule is COc1ccc(C2CC(=O)Nc3c2cnn3C)cc1OCC(N)=O. The summed E-state index contributed by atoms with van der Waals surface area (Å²) in [4.78, 5) is 23.0. The third kappa shape index (κ3) is 2.90. The standard InChI is InChI=1S/C16H18N4O4/c1-20-16-11(7-18-20)10(6-15(22)19-16)9-3-4-12(23-2)13(5-9)24-8-14(17)21/h3-5,7,10H,6,8H2,1-2H3,(H2,17,21)(H,19,22). The first kappa shape index (κ1) is 15.9. The number of carbonyl (C=O) groups excluding carboxylic acids is 2. The number of primary amides is 1. The van der Waals surface area contributed by atoms with Crippen molar-refractivity contribution in [3.05, 3.63) is 35.5 Å². The largest absolute Gasteiger partial charge is 0.493 e. The molecule has 24 heavy (non-hydrogen) atoms. The molecule has 1 aliphatic rings. The van der Waals surface area contributed by atoms with Crippen LogP contribution in [0.5, 0.6) is 11.5 Å². The normalized spacial score (nSPS) is 16.2. The first-order valence-corrected chi connectivity index (χ1v) is 7.40. The summed E-state index contributed by atoms with van der Waals surface area (Å²) >= 11 is 0. The molecule has 1 aromatic heterocycles. The number of carbonyl (C=O) groups is 2. The maximum absolute atomic E-state index is 12.0. The Morgan fingerprint density at radius 3 is 2.96 bits per heavy atom. The van der Waals surface area contributed by atoms with Gasteiger partial charge in [0.05, 0.1) is 13.3 Å². The van der Waals surface area contributed by atoms with Gasteiger partial charge in [0, 0.05) is 24.9 Å². The first-order chi connectivity index (χ1) is 11.5. The predicted octanol–water partition coefficient (Wildman–Crippen LogP) is 0.767. The number of amides is 2. The van der Waals surface area contributed by atoms with E-state index < -0.39 is 5.91 Å². The maximum Gasteiger partial charge on any atom is 0.255 e. The molecule has 1 unspecified atom stereocenters. The minimum atomic E-state index is -0.575. The lowest BCUT2D eigenvalue weighted by atomic mass is 9.87. The van der Waals surface area contributed by atoms with Crippen LogP contribution in [0.15, 0.2) is 24.4 Å². The molecule has 0 radical (unpaired) electrons. The number of nitrogens with two attached hydrogens (primary N) is 1. The number of hydrogen-bond donors (Lipinski definition) is 2. The Balaban J connectivity index is 1.98. The predicted molar refractivity (Wildman–Crippen MR) is 86.0 cm³/mol. The van der Waals surface area contributed by atoms with E-state index in [0.29, 0.717) is 23.7 Å². The van der Waals surface area contributed by atoms with Crippen LogP contribution in [0, 0.1) is 0 Å². The average Bonchev–Trinajstić information content (AvgIpc) is 2.93. The Morgan fingerprint density at radius 2 is 2.25 bits per heavy atom. The van der Waals surface area contributed by atoms with E-state index in [1.165, 1.54) is 7.11 Å². The lowest BCUT2D eigenvalue weighted by Gasteiger charge is -2.24. The molecule has 2 heterocycles. The first-order valence-electron chi connectivity index (χ1n) is 7.40. The van der Waals surface area contributed by atoms with Gasteiger partial charge in [0.1, 0.15) is 5.82 Å². The number of rotatable bonds is 5. The van der Waals surface area contributed by atoms with Gasteiger partial charge in [-0.15, -0.1) is 0 Å². The Kier molecular flexibility index (Phi) is 4.11. The molecule has 2 amide bonds. The number of fused-ring (bicyclic) bond motifs is 1. The van der Waals surface area contributed by atoms with Crippen LogP contribution in [0.3, 0.4) is 0 Å². The van der Waals surface area contributed by atoms with E-state index in [1.54, 1.807) is 30.1 Å². The Bertz CT molecular complexity index is 799. The summed E-state index contributed by atoms with van der Waals surface area (Å²) in [6, 6.07) is 5.38. The minimum absolute atomic E-state index is 0.0773. The Morgan fingerprint density at radius 1 is 1.46 bits per heavy atom. The second-order valence-corrected chi connectivity index (χ2v) is 5.54. The highest BCUT2D eigenvalue weighted by atomic mass is 16.5. The minimum Gasteiger partial charge on any atom is -0.493 e. The van der Waals surface area contributed by atoms with E-state index >= 15 is 0 Å². The zero-order valence-electron chi connectivity index (χ0n) is 13.4. The summed E-state index contributed by atoms with van der Waals surface area (Å²) in [5, 5.41) is 7.04. The fourth-order valence-electron chi connectivity index (χ4n) is 2.81. The highest BCUT2D eigenvalue weighted by molar-refractivity contribution is 5.94. The zero-order chi connectivity index (χ0) is 17.3. The second kappa shape index (κ2) is 6.23. The summed E-state index contributed by atoms with van der Waals surface area (Å²) in [5.41, 5.74) is 6.94. The number of hydrogen-bond acceptors (Lipinski definition) is 5. The summed E-state index contributed by atoms with van der Waals surface area (Å²) < 4.78 is 12.3. The number of nitrogens with one attached hydrogen (secondary N) is 1. The van der Waals surface area contributed by atoms with Crippen LogP contribution in [0.1, 0.15) is 23.5 Å². The molecule has 0 bridgehead atoms. The van der Waals surface area contributed by atoms with Gasteiger partial charge in [0.25, 0.3) is 5.91 Å². The van der Waals surface area contributed by atoms with Crippen LogP contribution >= 0.6 is 0 Å². The number of aryl methyl sites for hydroxylation is 1. The fraction of sp³-hybridized carbons (Fsp3) is 0.312. The van der Waals surface area contributed by atoms with Crippen molar-refractivity contribution in [2.75, 3.05) is 19.0 Å². The Labute approximate surface area is 138 Å². The molecule has 8 nitrogen and oxygen atoms in total. The topological polar surface area (TPSA) is 108 Å². The molecule has 2 aromatic rings. The van der Waals surface area contributed by atoms with Crippen LogP contribution in [0.2, 0.25) is 0 Å². The molecular weight excluding hydrogens is 312 g/mol. The lowest BCUT2D eigenvalue weighted by Crippen LogP contribution is -2.24. The Hall–Kier alpha value is -3.03. The number of methoxy groups -OCH3 is 1. The monoisotopic (exact) mass is 330 g/mol. The van der Waals surface area contributed by atoms with Crippen molar-refractivity contribution in [1.29, 1.82) is 0 Å².